The standard InChI is InChI=1S/C17H21ClN4O2/c1-11-4-3-5-14(18)13(11)8-16(23)22(2)9-15-12(6-7-24-15)17-19-10-20-21-17/h3-5,10,12,15H,6-9H2,1-2H3,(H,19,20,21)/t12-,15-/m1/s1. The van der Waals surface area contributed by atoms with Crippen molar-refractivity contribution in [1.29, 1.82) is 0 Å². The second kappa shape index (κ2) is 7.32. The molecule has 1 saturated heterocycles. The average molecular weight is 349 g/mol. The number of ether oxygens (including phenoxy) is 1. The maximum atomic E-state index is 12.6. The molecule has 1 aliphatic heterocycles. The lowest BCUT2D eigenvalue weighted by Gasteiger charge is -2.24. The van der Waals surface area contributed by atoms with Gasteiger partial charge in [-0.1, -0.05) is 23.7 Å². The average Bonchev–Trinajstić information content (AvgIpc) is 3.21. The lowest BCUT2D eigenvalue weighted by atomic mass is 10.00. The van der Waals surface area contributed by atoms with E-state index in [4.69, 9.17) is 16.3 Å². The molecule has 0 saturated carbocycles. The molecule has 1 aromatic heterocycles. The smallest absolute Gasteiger partial charge is 0.226 e. The van der Waals surface area contributed by atoms with E-state index in [1.807, 2.05) is 25.1 Å². The molecule has 0 aliphatic carbocycles. The molecule has 1 N–H and O–H groups in total. The summed E-state index contributed by atoms with van der Waals surface area (Å²) in [4.78, 5) is 18.5. The van der Waals surface area contributed by atoms with E-state index in [0.29, 0.717) is 24.6 Å². The number of likely N-dealkylation sites (N-methyl/N-ethyl adjacent to an activating group) is 1. The van der Waals surface area contributed by atoms with Crippen LogP contribution in [0, 0.1) is 6.92 Å². The molecule has 0 radical (unpaired) electrons. The molecular formula is C17H21ClN4O2. The highest BCUT2D eigenvalue weighted by atomic mass is 35.5. The van der Waals surface area contributed by atoms with E-state index in [9.17, 15) is 4.79 Å². The van der Waals surface area contributed by atoms with Crippen molar-refractivity contribution in [3.63, 3.8) is 0 Å². The number of hydrogen-bond acceptors (Lipinski definition) is 4. The van der Waals surface area contributed by atoms with Crippen LogP contribution in [0.15, 0.2) is 24.5 Å². The van der Waals surface area contributed by atoms with E-state index < -0.39 is 0 Å². The van der Waals surface area contributed by atoms with Gasteiger partial charge in [0.1, 0.15) is 12.2 Å². The minimum absolute atomic E-state index is 0.0259. The highest BCUT2D eigenvalue weighted by Crippen LogP contribution is 2.29. The topological polar surface area (TPSA) is 71.1 Å². The van der Waals surface area contributed by atoms with Gasteiger partial charge in [-0.2, -0.15) is 5.10 Å². The number of carbonyl (C=O) groups is 1. The van der Waals surface area contributed by atoms with Crippen LogP contribution in [0.3, 0.4) is 0 Å². The van der Waals surface area contributed by atoms with E-state index in [0.717, 1.165) is 23.4 Å². The van der Waals surface area contributed by atoms with E-state index in [2.05, 4.69) is 15.2 Å². The normalized spacial score (nSPS) is 20.3. The van der Waals surface area contributed by atoms with E-state index in [-0.39, 0.29) is 17.9 Å². The number of halogens is 1. The Balaban J connectivity index is 1.64. The number of carbonyl (C=O) groups excluding carboxylic acids is 1. The summed E-state index contributed by atoms with van der Waals surface area (Å²) < 4.78 is 5.80. The zero-order valence-corrected chi connectivity index (χ0v) is 14.6. The highest BCUT2D eigenvalue weighted by Gasteiger charge is 2.33. The van der Waals surface area contributed by atoms with Crippen molar-refractivity contribution in [3.8, 4) is 0 Å². The predicted octanol–water partition coefficient (Wildman–Crippen LogP) is 2.34. The van der Waals surface area contributed by atoms with Gasteiger partial charge < -0.3 is 9.64 Å². The summed E-state index contributed by atoms with van der Waals surface area (Å²) in [6.07, 6.45) is 2.60. The zero-order valence-electron chi connectivity index (χ0n) is 13.8. The first kappa shape index (κ1) is 16.9. The van der Waals surface area contributed by atoms with Crippen molar-refractivity contribution in [2.75, 3.05) is 20.2 Å². The van der Waals surface area contributed by atoms with E-state index in [1.165, 1.54) is 6.33 Å². The van der Waals surface area contributed by atoms with Gasteiger partial charge in [-0.3, -0.25) is 9.89 Å². The quantitative estimate of drug-likeness (QED) is 0.900. The monoisotopic (exact) mass is 348 g/mol. The maximum absolute atomic E-state index is 12.6. The number of rotatable bonds is 5. The number of amides is 1. The van der Waals surface area contributed by atoms with Crippen LogP contribution in [-0.2, 0) is 16.0 Å². The molecule has 6 nitrogen and oxygen atoms in total. The fourth-order valence-corrected chi connectivity index (χ4v) is 3.37. The Hall–Kier alpha value is -1.92. The minimum Gasteiger partial charge on any atom is -0.376 e. The Labute approximate surface area is 146 Å². The number of hydrogen-bond donors (Lipinski definition) is 1. The number of aryl methyl sites for hydroxylation is 1. The van der Waals surface area contributed by atoms with Crippen molar-refractivity contribution in [2.24, 2.45) is 0 Å². The van der Waals surface area contributed by atoms with Gasteiger partial charge >= 0.3 is 0 Å². The summed E-state index contributed by atoms with van der Waals surface area (Å²) in [6.45, 7) is 3.16. The second-order valence-corrected chi connectivity index (χ2v) is 6.57. The van der Waals surface area contributed by atoms with Gasteiger partial charge in [0, 0.05) is 31.1 Å². The molecule has 2 aromatic rings. The van der Waals surface area contributed by atoms with Gasteiger partial charge in [0.15, 0.2) is 0 Å². The Morgan fingerprint density at radius 1 is 1.50 bits per heavy atom. The molecule has 2 heterocycles. The number of aromatic amines is 1. The van der Waals surface area contributed by atoms with Crippen LogP contribution in [0.4, 0.5) is 0 Å². The third kappa shape index (κ3) is 3.60. The summed E-state index contributed by atoms with van der Waals surface area (Å²) in [5.74, 6) is 0.989. The van der Waals surface area contributed by atoms with Crippen LogP contribution in [0.5, 0.6) is 0 Å². The summed E-state index contributed by atoms with van der Waals surface area (Å²) >= 11 is 6.22. The third-order valence-electron chi connectivity index (χ3n) is 4.56. The number of aromatic nitrogens is 3. The minimum atomic E-state index is -0.0701. The number of nitrogens with one attached hydrogen (secondary N) is 1. The van der Waals surface area contributed by atoms with Crippen molar-refractivity contribution in [2.45, 2.75) is 31.8 Å². The zero-order chi connectivity index (χ0) is 17.1. The summed E-state index contributed by atoms with van der Waals surface area (Å²) in [7, 11) is 1.80. The van der Waals surface area contributed by atoms with Crippen LogP contribution in [0.2, 0.25) is 5.02 Å². The van der Waals surface area contributed by atoms with Crippen LogP contribution >= 0.6 is 11.6 Å². The fraction of sp³-hybridized carbons (Fsp3) is 0.471. The van der Waals surface area contributed by atoms with E-state index in [1.54, 1.807) is 11.9 Å². The van der Waals surface area contributed by atoms with Crippen molar-refractivity contribution in [3.05, 3.63) is 46.5 Å². The molecule has 0 bridgehead atoms. The van der Waals surface area contributed by atoms with Gasteiger partial charge in [0.2, 0.25) is 5.91 Å². The third-order valence-corrected chi connectivity index (χ3v) is 4.91. The SMILES string of the molecule is Cc1cccc(Cl)c1CC(=O)N(C)C[C@H]1OCC[C@H]1c1ncn[nH]1. The van der Waals surface area contributed by atoms with Crippen molar-refractivity contribution >= 4 is 17.5 Å². The molecule has 1 aliphatic rings. The second-order valence-electron chi connectivity index (χ2n) is 6.16. The molecule has 3 rings (SSSR count). The van der Waals surface area contributed by atoms with Gasteiger partial charge in [-0.05, 0) is 30.5 Å². The molecule has 1 amide bonds. The predicted molar refractivity (Wildman–Crippen MR) is 91.0 cm³/mol. The molecule has 0 spiro atoms. The number of nitrogens with zero attached hydrogens (tertiary/aromatic N) is 3. The fourth-order valence-electron chi connectivity index (χ4n) is 3.08. The van der Waals surface area contributed by atoms with Gasteiger partial charge in [-0.15, -0.1) is 0 Å². The summed E-state index contributed by atoms with van der Waals surface area (Å²) in [6, 6.07) is 5.68. The van der Waals surface area contributed by atoms with Crippen molar-refractivity contribution in [1.82, 2.24) is 20.1 Å². The van der Waals surface area contributed by atoms with E-state index >= 15 is 0 Å². The molecule has 2 atom stereocenters. The Kier molecular flexibility index (Phi) is 5.16. The maximum Gasteiger partial charge on any atom is 0.226 e. The summed E-state index contributed by atoms with van der Waals surface area (Å²) in [5, 5.41) is 7.44. The number of H-pyrrole nitrogens is 1. The molecule has 1 aromatic carbocycles. The Morgan fingerprint density at radius 2 is 2.33 bits per heavy atom. The lowest BCUT2D eigenvalue weighted by Crippen LogP contribution is -2.37. The lowest BCUT2D eigenvalue weighted by molar-refractivity contribution is -0.130. The van der Waals surface area contributed by atoms with Crippen LogP contribution in [0.25, 0.3) is 0 Å². The first-order valence-electron chi connectivity index (χ1n) is 8.01. The Morgan fingerprint density at radius 3 is 3.04 bits per heavy atom. The molecule has 7 heteroatoms. The van der Waals surface area contributed by atoms with Gasteiger partial charge in [0.25, 0.3) is 0 Å². The molecule has 0 unspecified atom stereocenters. The largest absolute Gasteiger partial charge is 0.376 e. The highest BCUT2D eigenvalue weighted by molar-refractivity contribution is 6.31. The molecular weight excluding hydrogens is 328 g/mol. The molecule has 24 heavy (non-hydrogen) atoms. The first-order valence-corrected chi connectivity index (χ1v) is 8.39. The first-order chi connectivity index (χ1) is 11.6. The Bertz CT molecular complexity index is 684. The van der Waals surface area contributed by atoms with Crippen LogP contribution < -0.4 is 0 Å². The van der Waals surface area contributed by atoms with Crippen LogP contribution in [-0.4, -0.2) is 52.3 Å². The van der Waals surface area contributed by atoms with Gasteiger partial charge in [0.05, 0.1) is 12.5 Å². The van der Waals surface area contributed by atoms with Crippen LogP contribution in [0.1, 0.15) is 29.3 Å². The van der Waals surface area contributed by atoms with Gasteiger partial charge in [-0.25, -0.2) is 4.98 Å². The summed E-state index contributed by atoms with van der Waals surface area (Å²) in [5.41, 5.74) is 1.91. The van der Waals surface area contributed by atoms with Crippen molar-refractivity contribution < 1.29 is 9.53 Å². The molecule has 128 valence electrons. The molecule has 1 fully saturated rings. The number of benzene rings is 1.